The van der Waals surface area contributed by atoms with E-state index in [9.17, 15) is 0 Å². The number of hydrogen-bond acceptors (Lipinski definition) is 1. The van der Waals surface area contributed by atoms with Gasteiger partial charge >= 0.3 is 0 Å². The third-order valence-electron chi connectivity index (χ3n) is 2.28. The van der Waals surface area contributed by atoms with E-state index in [4.69, 9.17) is 5.11 Å². The van der Waals surface area contributed by atoms with E-state index in [2.05, 4.69) is 32.1 Å². The summed E-state index contributed by atoms with van der Waals surface area (Å²) in [6, 6.07) is 0. The van der Waals surface area contributed by atoms with Crippen molar-refractivity contribution in [2.75, 3.05) is 6.61 Å². The van der Waals surface area contributed by atoms with Crippen LogP contribution in [-0.2, 0) is 0 Å². The van der Waals surface area contributed by atoms with Gasteiger partial charge in [0.25, 0.3) is 0 Å². The molecule has 1 nitrogen and oxygen atoms in total. The van der Waals surface area contributed by atoms with Gasteiger partial charge in [-0.15, -0.1) is 0 Å². The normalized spacial score (nSPS) is 32.1. The van der Waals surface area contributed by atoms with Crippen LogP contribution in [0.15, 0.2) is 23.8 Å². The molecule has 1 N–H and O–H groups in total. The van der Waals surface area contributed by atoms with Crippen LogP contribution in [0.3, 0.4) is 0 Å². The van der Waals surface area contributed by atoms with Gasteiger partial charge in [-0.2, -0.15) is 0 Å². The highest BCUT2D eigenvalue weighted by Gasteiger charge is 2.22. The van der Waals surface area contributed by atoms with Gasteiger partial charge in [0, 0.05) is 5.41 Å². The summed E-state index contributed by atoms with van der Waals surface area (Å²) >= 11 is 0. The molecule has 10 heavy (non-hydrogen) atoms. The molecule has 1 aliphatic carbocycles. The Morgan fingerprint density at radius 1 is 1.70 bits per heavy atom. The molecule has 0 heterocycles. The fourth-order valence-corrected chi connectivity index (χ4v) is 1.11. The topological polar surface area (TPSA) is 20.2 Å². The van der Waals surface area contributed by atoms with Crippen LogP contribution in [0.1, 0.15) is 20.3 Å². The molecule has 0 amide bonds. The maximum Gasteiger partial charge on any atom is 0.0556 e. The maximum absolute atomic E-state index is 9.03. The predicted molar refractivity (Wildman–Crippen MR) is 42.7 cm³/mol. The lowest BCUT2D eigenvalue weighted by molar-refractivity contribution is 0.210. The van der Waals surface area contributed by atoms with E-state index in [1.807, 2.05) is 0 Å². The largest absolute Gasteiger partial charge is 0.395 e. The fourth-order valence-electron chi connectivity index (χ4n) is 1.11. The summed E-state index contributed by atoms with van der Waals surface area (Å²) in [5.41, 5.74) is 1.19. The molecule has 0 aromatic heterocycles. The second-order valence-corrected chi connectivity index (χ2v) is 3.10. The Bertz CT molecular complexity index is 179. The first kappa shape index (κ1) is 7.55. The number of allylic oxidation sites excluding steroid dienone is 2. The van der Waals surface area contributed by atoms with Gasteiger partial charge in [0.15, 0.2) is 0 Å². The highest BCUT2D eigenvalue weighted by Crippen LogP contribution is 2.30. The van der Waals surface area contributed by atoms with Crippen LogP contribution in [0.2, 0.25) is 0 Å². The van der Waals surface area contributed by atoms with E-state index in [1.54, 1.807) is 0 Å². The smallest absolute Gasteiger partial charge is 0.0556 e. The van der Waals surface area contributed by atoms with Gasteiger partial charge < -0.3 is 5.11 Å². The predicted octanol–water partition coefficient (Wildman–Crippen LogP) is 1.89. The van der Waals surface area contributed by atoms with Crippen molar-refractivity contribution in [1.29, 1.82) is 0 Å². The van der Waals surface area contributed by atoms with E-state index in [1.165, 1.54) is 5.57 Å². The van der Waals surface area contributed by atoms with Crippen molar-refractivity contribution in [2.24, 2.45) is 5.41 Å². The maximum atomic E-state index is 9.03. The first-order chi connectivity index (χ1) is 4.69. The lowest BCUT2D eigenvalue weighted by Gasteiger charge is -2.26. The van der Waals surface area contributed by atoms with Crippen LogP contribution in [0.4, 0.5) is 0 Å². The molecule has 0 spiro atoms. The molecule has 0 saturated heterocycles. The molecule has 1 heteroatoms. The summed E-state index contributed by atoms with van der Waals surface area (Å²) in [7, 11) is 0. The molecule has 0 radical (unpaired) electrons. The van der Waals surface area contributed by atoms with Gasteiger partial charge in [-0.1, -0.05) is 30.7 Å². The molecule has 0 aromatic carbocycles. The third kappa shape index (κ3) is 1.14. The average Bonchev–Trinajstić information content (AvgIpc) is 1.96. The van der Waals surface area contributed by atoms with Crippen molar-refractivity contribution in [3.8, 4) is 0 Å². The van der Waals surface area contributed by atoms with Crippen LogP contribution in [0.25, 0.3) is 0 Å². The summed E-state index contributed by atoms with van der Waals surface area (Å²) in [6.07, 6.45) is 7.36. The van der Waals surface area contributed by atoms with Gasteiger partial charge in [0.1, 0.15) is 0 Å². The second-order valence-electron chi connectivity index (χ2n) is 3.10. The zero-order valence-electron chi connectivity index (χ0n) is 6.59. The second kappa shape index (κ2) is 2.59. The molecular formula is C9H14O. The zero-order chi connectivity index (χ0) is 7.61. The molecule has 56 valence electrons. The standard InChI is InChI=1S/C9H14O/c1-8-5-3-4-6-9(8,2)7-10/h4-6,10H,3,7H2,1-2H3/t9-/m0/s1. The molecule has 1 rings (SSSR count). The highest BCUT2D eigenvalue weighted by molar-refractivity contribution is 5.24. The van der Waals surface area contributed by atoms with Crippen molar-refractivity contribution >= 4 is 0 Å². The molecule has 0 aromatic rings. The van der Waals surface area contributed by atoms with Crippen molar-refractivity contribution in [2.45, 2.75) is 20.3 Å². The highest BCUT2D eigenvalue weighted by atomic mass is 16.3. The third-order valence-corrected chi connectivity index (χ3v) is 2.28. The van der Waals surface area contributed by atoms with Crippen LogP contribution >= 0.6 is 0 Å². The average molecular weight is 138 g/mol. The number of aliphatic hydroxyl groups is 1. The molecule has 1 atom stereocenters. The van der Waals surface area contributed by atoms with Crippen molar-refractivity contribution < 1.29 is 5.11 Å². The zero-order valence-corrected chi connectivity index (χ0v) is 6.59. The van der Waals surface area contributed by atoms with Crippen molar-refractivity contribution in [3.05, 3.63) is 23.8 Å². The first-order valence-electron chi connectivity index (χ1n) is 3.65. The van der Waals surface area contributed by atoms with Gasteiger partial charge in [-0.3, -0.25) is 0 Å². The monoisotopic (exact) mass is 138 g/mol. The van der Waals surface area contributed by atoms with E-state index in [0.717, 1.165) is 6.42 Å². The minimum atomic E-state index is -0.0851. The molecule has 0 aliphatic heterocycles. The lowest BCUT2D eigenvalue weighted by Crippen LogP contribution is -2.21. The van der Waals surface area contributed by atoms with Gasteiger partial charge in [-0.05, 0) is 13.3 Å². The number of hydrogen-bond donors (Lipinski definition) is 1. The van der Waals surface area contributed by atoms with Crippen LogP contribution in [-0.4, -0.2) is 11.7 Å². The quantitative estimate of drug-likeness (QED) is 0.548. The van der Waals surface area contributed by atoms with Gasteiger partial charge in [-0.25, -0.2) is 0 Å². The SMILES string of the molecule is CC1=CCC=C[C@@]1(C)CO. The van der Waals surface area contributed by atoms with E-state index in [-0.39, 0.29) is 12.0 Å². The Labute approximate surface area is 62.1 Å². The number of rotatable bonds is 1. The van der Waals surface area contributed by atoms with Crippen LogP contribution in [0.5, 0.6) is 0 Å². The summed E-state index contributed by atoms with van der Waals surface area (Å²) in [4.78, 5) is 0. The summed E-state index contributed by atoms with van der Waals surface area (Å²) in [5.74, 6) is 0. The Morgan fingerprint density at radius 2 is 2.40 bits per heavy atom. The van der Waals surface area contributed by atoms with Gasteiger partial charge in [0.2, 0.25) is 0 Å². The Kier molecular flexibility index (Phi) is 1.95. The summed E-state index contributed by atoms with van der Waals surface area (Å²) < 4.78 is 0. The molecular weight excluding hydrogens is 124 g/mol. The molecule has 0 bridgehead atoms. The van der Waals surface area contributed by atoms with Gasteiger partial charge in [0.05, 0.1) is 6.61 Å². The molecule has 0 saturated carbocycles. The minimum Gasteiger partial charge on any atom is -0.395 e. The first-order valence-corrected chi connectivity index (χ1v) is 3.65. The van der Waals surface area contributed by atoms with Crippen molar-refractivity contribution in [1.82, 2.24) is 0 Å². The number of aliphatic hydroxyl groups excluding tert-OH is 1. The summed E-state index contributed by atoms with van der Waals surface area (Å²) in [6.45, 7) is 4.33. The Morgan fingerprint density at radius 3 is 2.80 bits per heavy atom. The van der Waals surface area contributed by atoms with E-state index < -0.39 is 0 Å². The van der Waals surface area contributed by atoms with Crippen LogP contribution in [0, 0.1) is 5.41 Å². The Balaban J connectivity index is 2.83. The van der Waals surface area contributed by atoms with Crippen molar-refractivity contribution in [3.63, 3.8) is 0 Å². The summed E-state index contributed by atoms with van der Waals surface area (Å²) in [5, 5.41) is 9.03. The molecule has 0 unspecified atom stereocenters. The fraction of sp³-hybridized carbons (Fsp3) is 0.556. The molecule has 0 fully saturated rings. The van der Waals surface area contributed by atoms with E-state index >= 15 is 0 Å². The van der Waals surface area contributed by atoms with E-state index in [0.29, 0.717) is 0 Å². The molecule has 1 aliphatic rings. The minimum absolute atomic E-state index is 0.0851. The van der Waals surface area contributed by atoms with Crippen LogP contribution < -0.4 is 0 Å². The lowest BCUT2D eigenvalue weighted by atomic mass is 9.80. The Hall–Kier alpha value is -0.560.